The molecule has 3 heteroatoms. The maximum atomic E-state index is 6.02. The molecule has 2 rings (SSSR count). The molecule has 0 saturated carbocycles. The lowest BCUT2D eigenvalue weighted by Gasteiger charge is -2.04. The van der Waals surface area contributed by atoms with Crippen LogP contribution in [0.4, 0.5) is 5.69 Å². The molecule has 86 valence electrons. The molecule has 0 aliphatic rings. The van der Waals surface area contributed by atoms with Gasteiger partial charge in [-0.2, -0.15) is 0 Å². The molecule has 2 aromatic rings. The van der Waals surface area contributed by atoms with Crippen molar-refractivity contribution in [1.82, 2.24) is 5.43 Å². The predicted octanol–water partition coefficient (Wildman–Crippen LogP) is 3.93. The number of halogens is 1. The van der Waals surface area contributed by atoms with Crippen molar-refractivity contribution >= 4 is 23.4 Å². The highest BCUT2D eigenvalue weighted by Gasteiger charge is 1.92. The fourth-order valence-corrected chi connectivity index (χ4v) is 1.59. The van der Waals surface area contributed by atoms with Gasteiger partial charge in [-0.05, 0) is 29.8 Å². The summed E-state index contributed by atoms with van der Waals surface area (Å²) in [5, 5.41) is 0.741. The van der Waals surface area contributed by atoms with E-state index in [1.165, 1.54) is 0 Å². The molecule has 2 nitrogen and oxygen atoms in total. The second-order valence-corrected chi connectivity index (χ2v) is 3.90. The summed E-state index contributed by atoms with van der Waals surface area (Å²) in [5.74, 6) is 0. The normalized spacial score (nSPS) is 10.4. The Hall–Kier alpha value is -1.93. The van der Waals surface area contributed by atoms with Crippen LogP contribution in [0.1, 0.15) is 5.56 Å². The van der Waals surface area contributed by atoms with Crippen LogP contribution in [0.5, 0.6) is 0 Å². The highest BCUT2D eigenvalue weighted by Crippen LogP contribution is 2.15. The van der Waals surface area contributed by atoms with Crippen LogP contribution in [0.15, 0.2) is 60.8 Å². The van der Waals surface area contributed by atoms with Gasteiger partial charge in [-0.25, -0.2) is 0 Å². The van der Waals surface area contributed by atoms with Gasteiger partial charge >= 0.3 is 0 Å². The van der Waals surface area contributed by atoms with E-state index in [9.17, 15) is 0 Å². The fraction of sp³-hybridized carbons (Fsp3) is 0. The largest absolute Gasteiger partial charge is 0.308 e. The van der Waals surface area contributed by atoms with E-state index in [0.717, 1.165) is 16.3 Å². The van der Waals surface area contributed by atoms with E-state index in [-0.39, 0.29) is 0 Å². The monoisotopic (exact) mass is 244 g/mol. The van der Waals surface area contributed by atoms with Crippen molar-refractivity contribution in [2.75, 3.05) is 5.43 Å². The molecule has 0 fully saturated rings. The van der Waals surface area contributed by atoms with Crippen LogP contribution in [-0.4, -0.2) is 0 Å². The molecule has 0 amide bonds. The SMILES string of the molecule is Clc1ccccc1C=CNNc1ccccc1. The maximum absolute atomic E-state index is 6.02. The van der Waals surface area contributed by atoms with Crippen LogP contribution in [0, 0.1) is 0 Å². The zero-order valence-electron chi connectivity index (χ0n) is 9.23. The molecule has 0 heterocycles. The number of hydrogen-bond acceptors (Lipinski definition) is 2. The van der Waals surface area contributed by atoms with Crippen LogP contribution in [0.3, 0.4) is 0 Å². The van der Waals surface area contributed by atoms with E-state index in [1.807, 2.05) is 66.9 Å². The predicted molar refractivity (Wildman–Crippen MR) is 73.7 cm³/mol. The summed E-state index contributed by atoms with van der Waals surface area (Å²) in [6, 6.07) is 17.6. The van der Waals surface area contributed by atoms with Crippen LogP contribution in [0.2, 0.25) is 5.02 Å². The first-order valence-corrected chi connectivity index (χ1v) is 5.72. The zero-order valence-corrected chi connectivity index (χ0v) is 9.98. The molecule has 2 N–H and O–H groups in total. The van der Waals surface area contributed by atoms with Crippen molar-refractivity contribution in [2.45, 2.75) is 0 Å². The van der Waals surface area contributed by atoms with Gasteiger partial charge in [-0.1, -0.05) is 48.0 Å². The van der Waals surface area contributed by atoms with Crippen molar-refractivity contribution in [3.8, 4) is 0 Å². The lowest BCUT2D eigenvalue weighted by molar-refractivity contribution is 1.06. The number of rotatable bonds is 4. The summed E-state index contributed by atoms with van der Waals surface area (Å²) in [5.41, 5.74) is 8.04. The molecular weight excluding hydrogens is 232 g/mol. The summed E-state index contributed by atoms with van der Waals surface area (Å²) in [6.07, 6.45) is 3.73. The number of hydrogen-bond donors (Lipinski definition) is 2. The summed E-state index contributed by atoms with van der Waals surface area (Å²) in [4.78, 5) is 0. The first-order chi connectivity index (χ1) is 8.36. The van der Waals surface area contributed by atoms with Gasteiger partial charge in [0, 0.05) is 11.2 Å². The van der Waals surface area contributed by atoms with Gasteiger partial charge in [-0.3, -0.25) is 0 Å². The minimum atomic E-state index is 0.741. The Balaban J connectivity index is 1.89. The summed E-state index contributed by atoms with van der Waals surface area (Å²) in [7, 11) is 0. The van der Waals surface area contributed by atoms with Crippen molar-refractivity contribution in [1.29, 1.82) is 0 Å². The van der Waals surface area contributed by atoms with E-state index in [0.29, 0.717) is 0 Å². The van der Waals surface area contributed by atoms with Gasteiger partial charge in [0.25, 0.3) is 0 Å². The molecule has 0 aromatic heterocycles. The van der Waals surface area contributed by atoms with Crippen LogP contribution >= 0.6 is 11.6 Å². The van der Waals surface area contributed by atoms with E-state index in [4.69, 9.17) is 11.6 Å². The smallest absolute Gasteiger partial charge is 0.0539 e. The van der Waals surface area contributed by atoms with Crippen molar-refractivity contribution in [3.63, 3.8) is 0 Å². The Kier molecular flexibility index (Phi) is 4.05. The van der Waals surface area contributed by atoms with Gasteiger partial charge in [-0.15, -0.1) is 0 Å². The highest BCUT2D eigenvalue weighted by molar-refractivity contribution is 6.32. The molecule has 0 atom stereocenters. The number of nitrogens with one attached hydrogen (secondary N) is 2. The number of benzene rings is 2. The van der Waals surface area contributed by atoms with Gasteiger partial charge in [0.2, 0.25) is 0 Å². The molecule has 0 aliphatic heterocycles. The standard InChI is InChI=1S/C14H13ClN2/c15-14-9-5-4-6-12(14)10-11-16-17-13-7-2-1-3-8-13/h1-11,16-17H. The Bertz CT molecular complexity index is 495. The van der Waals surface area contributed by atoms with Gasteiger partial charge < -0.3 is 10.9 Å². The Morgan fingerprint density at radius 1 is 0.882 bits per heavy atom. The maximum Gasteiger partial charge on any atom is 0.0539 e. The minimum absolute atomic E-state index is 0.741. The van der Waals surface area contributed by atoms with Crippen LogP contribution in [0.25, 0.3) is 6.08 Å². The second-order valence-electron chi connectivity index (χ2n) is 3.49. The Morgan fingerprint density at radius 2 is 1.59 bits per heavy atom. The summed E-state index contributed by atoms with van der Waals surface area (Å²) < 4.78 is 0. The molecule has 0 bridgehead atoms. The second kappa shape index (κ2) is 5.97. The first-order valence-electron chi connectivity index (χ1n) is 5.34. The van der Waals surface area contributed by atoms with Crippen LogP contribution < -0.4 is 10.9 Å². The summed E-state index contributed by atoms with van der Waals surface area (Å²) >= 11 is 6.02. The third-order valence-corrected chi connectivity index (χ3v) is 2.59. The van der Waals surface area contributed by atoms with Gasteiger partial charge in [0.05, 0.1) is 5.69 Å². The minimum Gasteiger partial charge on any atom is -0.308 e. The number of hydrazine groups is 1. The molecular formula is C14H13ClN2. The third kappa shape index (κ3) is 3.54. The molecule has 2 aromatic carbocycles. The first kappa shape index (κ1) is 11.6. The van der Waals surface area contributed by atoms with E-state index in [1.54, 1.807) is 0 Å². The molecule has 0 unspecified atom stereocenters. The molecule has 17 heavy (non-hydrogen) atoms. The lowest BCUT2D eigenvalue weighted by Crippen LogP contribution is -2.13. The highest BCUT2D eigenvalue weighted by atomic mass is 35.5. The zero-order chi connectivity index (χ0) is 11.9. The lowest BCUT2D eigenvalue weighted by atomic mass is 10.2. The average molecular weight is 245 g/mol. The van der Waals surface area contributed by atoms with Crippen molar-refractivity contribution in [3.05, 3.63) is 71.4 Å². The molecule has 0 radical (unpaired) electrons. The molecule has 0 saturated heterocycles. The summed E-state index contributed by atoms with van der Waals surface area (Å²) in [6.45, 7) is 0. The van der Waals surface area contributed by atoms with Crippen LogP contribution in [-0.2, 0) is 0 Å². The number of anilines is 1. The average Bonchev–Trinajstić information content (AvgIpc) is 2.38. The van der Waals surface area contributed by atoms with Gasteiger partial charge in [0.1, 0.15) is 0 Å². The molecule has 0 spiro atoms. The van der Waals surface area contributed by atoms with Crippen molar-refractivity contribution in [2.24, 2.45) is 0 Å². The quantitative estimate of drug-likeness (QED) is 0.797. The number of para-hydroxylation sites is 1. The van der Waals surface area contributed by atoms with E-state index >= 15 is 0 Å². The fourth-order valence-electron chi connectivity index (χ4n) is 1.39. The third-order valence-electron chi connectivity index (χ3n) is 2.24. The van der Waals surface area contributed by atoms with E-state index in [2.05, 4.69) is 10.9 Å². The Morgan fingerprint density at radius 3 is 2.35 bits per heavy atom. The molecule has 0 aliphatic carbocycles. The van der Waals surface area contributed by atoms with Crippen molar-refractivity contribution < 1.29 is 0 Å². The van der Waals surface area contributed by atoms with E-state index < -0.39 is 0 Å². The topological polar surface area (TPSA) is 24.1 Å². The van der Waals surface area contributed by atoms with Gasteiger partial charge in [0.15, 0.2) is 0 Å². The Labute approximate surface area is 106 Å².